The largest absolute Gasteiger partial charge is 0.416 e. The van der Waals surface area contributed by atoms with Crippen molar-refractivity contribution in [2.24, 2.45) is 5.92 Å². The van der Waals surface area contributed by atoms with Crippen LogP contribution in [-0.2, 0) is 23.8 Å². The van der Waals surface area contributed by atoms with Crippen molar-refractivity contribution in [2.45, 2.75) is 45.7 Å². The topological polar surface area (TPSA) is 50.2 Å². The lowest BCUT2D eigenvalue weighted by Crippen LogP contribution is -2.41. The number of alkyl halides is 3. The standard InChI is InChI=1S/C29H33F3N4O/c1-21(2)16-27-18-25(34-36(27)26-6-4-3-5-7-26)19-28(37)33-20-35-14-12-23(13-15-35)17-22-8-10-24(11-9-22)29(30,31)32/h3-11,17-18,21H,12-16,19-20H2,1-2H3,(H,33,37). The summed E-state index contributed by atoms with van der Waals surface area (Å²) in [5.74, 6) is 0.401. The van der Waals surface area contributed by atoms with Gasteiger partial charge in [-0.1, -0.05) is 55.8 Å². The van der Waals surface area contributed by atoms with Crippen LogP contribution in [0.3, 0.4) is 0 Å². The van der Waals surface area contributed by atoms with Gasteiger partial charge in [0.2, 0.25) is 5.91 Å². The van der Waals surface area contributed by atoms with Gasteiger partial charge in [-0.25, -0.2) is 4.68 Å². The minimum Gasteiger partial charge on any atom is -0.343 e. The van der Waals surface area contributed by atoms with E-state index >= 15 is 0 Å². The van der Waals surface area contributed by atoms with Crippen molar-refractivity contribution >= 4 is 12.0 Å². The van der Waals surface area contributed by atoms with E-state index in [1.807, 2.05) is 47.2 Å². The van der Waals surface area contributed by atoms with E-state index in [1.54, 1.807) is 0 Å². The van der Waals surface area contributed by atoms with Crippen LogP contribution in [0.15, 0.2) is 66.2 Å². The first-order valence-corrected chi connectivity index (χ1v) is 12.7. The van der Waals surface area contributed by atoms with Crippen LogP contribution in [0, 0.1) is 5.92 Å². The number of piperidine rings is 1. The summed E-state index contributed by atoms with van der Waals surface area (Å²) in [6, 6.07) is 17.2. The maximum atomic E-state index is 12.8. The normalized spacial score (nSPS) is 14.7. The molecule has 1 N–H and O–H groups in total. The lowest BCUT2D eigenvalue weighted by Gasteiger charge is -2.28. The van der Waals surface area contributed by atoms with E-state index < -0.39 is 11.7 Å². The van der Waals surface area contributed by atoms with Gasteiger partial charge in [0.05, 0.1) is 30.0 Å². The Morgan fingerprint density at radius 3 is 2.35 bits per heavy atom. The number of halogens is 3. The molecule has 1 aromatic heterocycles. The van der Waals surface area contributed by atoms with Crippen molar-refractivity contribution in [3.8, 4) is 5.69 Å². The number of nitrogens with one attached hydrogen (secondary N) is 1. The molecular weight excluding hydrogens is 477 g/mol. The van der Waals surface area contributed by atoms with Crippen molar-refractivity contribution in [1.29, 1.82) is 0 Å². The second-order valence-electron chi connectivity index (χ2n) is 9.95. The molecule has 196 valence electrons. The van der Waals surface area contributed by atoms with E-state index in [-0.39, 0.29) is 12.3 Å². The first-order valence-electron chi connectivity index (χ1n) is 12.7. The SMILES string of the molecule is CC(C)Cc1cc(CC(=O)NCN2CCC(=Cc3ccc(C(F)(F)F)cc3)CC2)nn1-c1ccccc1. The molecule has 37 heavy (non-hydrogen) atoms. The number of hydrogen-bond donors (Lipinski definition) is 1. The average molecular weight is 511 g/mol. The fourth-order valence-corrected chi connectivity index (χ4v) is 4.49. The summed E-state index contributed by atoms with van der Waals surface area (Å²) in [4.78, 5) is 14.8. The Balaban J connectivity index is 1.27. The highest BCUT2D eigenvalue weighted by Gasteiger charge is 2.29. The number of carbonyl (C=O) groups excluding carboxylic acids is 1. The van der Waals surface area contributed by atoms with Gasteiger partial charge >= 0.3 is 6.18 Å². The Morgan fingerprint density at radius 2 is 1.73 bits per heavy atom. The average Bonchev–Trinajstić information content (AvgIpc) is 3.25. The summed E-state index contributed by atoms with van der Waals surface area (Å²) in [5.41, 5.74) is 4.16. The smallest absolute Gasteiger partial charge is 0.343 e. The van der Waals surface area contributed by atoms with Crippen LogP contribution in [0.5, 0.6) is 0 Å². The molecule has 0 unspecified atom stereocenters. The predicted molar refractivity (Wildman–Crippen MR) is 139 cm³/mol. The second-order valence-corrected chi connectivity index (χ2v) is 9.95. The van der Waals surface area contributed by atoms with Crippen LogP contribution in [0.4, 0.5) is 13.2 Å². The number of amides is 1. The van der Waals surface area contributed by atoms with E-state index in [9.17, 15) is 18.0 Å². The summed E-state index contributed by atoms with van der Waals surface area (Å²) in [5, 5.41) is 7.72. The number of nitrogens with zero attached hydrogens (tertiary/aromatic N) is 3. The van der Waals surface area contributed by atoms with Crippen LogP contribution >= 0.6 is 0 Å². The molecule has 1 aliphatic rings. The van der Waals surface area contributed by atoms with Crippen LogP contribution in [0.2, 0.25) is 0 Å². The molecule has 3 aromatic rings. The van der Waals surface area contributed by atoms with Crippen molar-refractivity contribution < 1.29 is 18.0 Å². The number of rotatable bonds is 8. The molecule has 0 radical (unpaired) electrons. The number of hydrogen-bond acceptors (Lipinski definition) is 3. The van der Waals surface area contributed by atoms with Crippen molar-refractivity contribution in [2.75, 3.05) is 19.8 Å². The van der Waals surface area contributed by atoms with Crippen molar-refractivity contribution in [1.82, 2.24) is 20.0 Å². The summed E-state index contributed by atoms with van der Waals surface area (Å²) >= 11 is 0. The number of likely N-dealkylation sites (tertiary alicyclic amines) is 1. The Hall–Kier alpha value is -3.39. The summed E-state index contributed by atoms with van der Waals surface area (Å²) in [6.45, 7) is 6.36. The van der Waals surface area contributed by atoms with Crippen LogP contribution in [0.25, 0.3) is 11.8 Å². The van der Waals surface area contributed by atoms with Gasteiger partial charge in [-0.05, 0) is 61.1 Å². The molecule has 1 saturated heterocycles. The highest BCUT2D eigenvalue weighted by Crippen LogP contribution is 2.29. The highest BCUT2D eigenvalue weighted by molar-refractivity contribution is 5.78. The monoisotopic (exact) mass is 510 g/mol. The van der Waals surface area contributed by atoms with Gasteiger partial charge < -0.3 is 5.32 Å². The molecule has 0 bridgehead atoms. The van der Waals surface area contributed by atoms with Gasteiger partial charge in [0, 0.05) is 18.8 Å². The molecule has 2 aromatic carbocycles. The fourth-order valence-electron chi connectivity index (χ4n) is 4.49. The van der Waals surface area contributed by atoms with Crippen LogP contribution < -0.4 is 5.32 Å². The molecular formula is C29H33F3N4O. The molecule has 0 spiro atoms. The Kier molecular flexibility index (Phi) is 8.48. The molecule has 1 fully saturated rings. The van der Waals surface area contributed by atoms with Gasteiger partial charge in [-0.15, -0.1) is 0 Å². The molecule has 1 aliphatic heterocycles. The third-order valence-electron chi connectivity index (χ3n) is 6.40. The zero-order chi connectivity index (χ0) is 26.4. The molecule has 0 atom stereocenters. The number of carbonyl (C=O) groups is 1. The fraction of sp³-hybridized carbons (Fsp3) is 0.379. The quantitative estimate of drug-likeness (QED) is 0.412. The van der Waals surface area contributed by atoms with E-state index in [0.717, 1.165) is 67.1 Å². The Bertz CT molecular complexity index is 1200. The molecule has 4 rings (SSSR count). The number of benzene rings is 2. The van der Waals surface area contributed by atoms with E-state index in [0.29, 0.717) is 12.6 Å². The lowest BCUT2D eigenvalue weighted by atomic mass is 10.0. The van der Waals surface area contributed by atoms with Gasteiger partial charge in [-0.2, -0.15) is 18.3 Å². The van der Waals surface area contributed by atoms with Crippen molar-refractivity contribution in [3.63, 3.8) is 0 Å². The zero-order valence-electron chi connectivity index (χ0n) is 21.3. The maximum Gasteiger partial charge on any atom is 0.416 e. The van der Waals surface area contributed by atoms with Gasteiger partial charge in [-0.3, -0.25) is 9.69 Å². The van der Waals surface area contributed by atoms with Crippen LogP contribution in [-0.4, -0.2) is 40.3 Å². The maximum absolute atomic E-state index is 12.8. The molecule has 2 heterocycles. The minimum atomic E-state index is -4.32. The molecule has 1 amide bonds. The second kappa shape index (κ2) is 11.8. The lowest BCUT2D eigenvalue weighted by molar-refractivity contribution is -0.137. The predicted octanol–water partition coefficient (Wildman–Crippen LogP) is 5.89. The van der Waals surface area contributed by atoms with Gasteiger partial charge in [0.25, 0.3) is 0 Å². The van der Waals surface area contributed by atoms with Gasteiger partial charge in [0.15, 0.2) is 0 Å². The number of para-hydroxylation sites is 1. The first kappa shape index (κ1) is 26.7. The van der Waals surface area contributed by atoms with E-state index in [4.69, 9.17) is 5.10 Å². The minimum absolute atomic E-state index is 0.0695. The van der Waals surface area contributed by atoms with Crippen LogP contribution in [0.1, 0.15) is 49.2 Å². The molecule has 5 nitrogen and oxygen atoms in total. The summed E-state index contributed by atoms with van der Waals surface area (Å²) < 4.78 is 40.2. The molecule has 0 saturated carbocycles. The van der Waals surface area contributed by atoms with Gasteiger partial charge in [0.1, 0.15) is 0 Å². The molecule has 8 heteroatoms. The van der Waals surface area contributed by atoms with E-state index in [2.05, 4.69) is 24.1 Å². The third-order valence-corrected chi connectivity index (χ3v) is 6.40. The Morgan fingerprint density at radius 1 is 1.05 bits per heavy atom. The van der Waals surface area contributed by atoms with Crippen molar-refractivity contribution in [3.05, 3.63) is 88.8 Å². The summed E-state index contributed by atoms with van der Waals surface area (Å²) in [6.07, 6.45) is 0.374. The van der Waals surface area contributed by atoms with E-state index in [1.165, 1.54) is 17.7 Å². The Labute approximate surface area is 216 Å². The third kappa shape index (κ3) is 7.55. The first-order chi connectivity index (χ1) is 17.7. The number of aromatic nitrogens is 2. The molecule has 0 aliphatic carbocycles. The highest BCUT2D eigenvalue weighted by atomic mass is 19.4. The zero-order valence-corrected chi connectivity index (χ0v) is 21.3. The summed E-state index contributed by atoms with van der Waals surface area (Å²) in [7, 11) is 0.